The molecule has 182 valence electrons. The van der Waals surface area contributed by atoms with Crippen molar-refractivity contribution in [3.63, 3.8) is 0 Å². The summed E-state index contributed by atoms with van der Waals surface area (Å²) < 4.78 is 16.8. The first-order valence-corrected chi connectivity index (χ1v) is 14.1. The number of hydrogen-bond acceptors (Lipinski definition) is 3. The summed E-state index contributed by atoms with van der Waals surface area (Å²) in [4.78, 5) is 16.8. The maximum absolute atomic E-state index is 14.6. The summed E-state index contributed by atoms with van der Waals surface area (Å²) in [5.74, 6) is 0.288. The number of benzene rings is 2. The number of hydrogen-bond donors (Lipinski definition) is 1. The van der Waals surface area contributed by atoms with Gasteiger partial charge in [-0.25, -0.2) is 4.67 Å². The molecule has 0 saturated carbocycles. The summed E-state index contributed by atoms with van der Waals surface area (Å²) in [6.07, 6.45) is 10.6. The highest BCUT2D eigenvalue weighted by molar-refractivity contribution is 7.76. The molecule has 2 heterocycles. The van der Waals surface area contributed by atoms with E-state index in [9.17, 15) is 9.36 Å². The van der Waals surface area contributed by atoms with Crippen molar-refractivity contribution < 1.29 is 9.36 Å². The fourth-order valence-electron chi connectivity index (χ4n) is 4.92. The third-order valence-electron chi connectivity index (χ3n) is 6.73. The van der Waals surface area contributed by atoms with Crippen molar-refractivity contribution in [2.24, 2.45) is 5.92 Å². The molecule has 0 spiro atoms. The first-order chi connectivity index (χ1) is 17.1. The Hall–Kier alpha value is -3.01. The van der Waals surface area contributed by atoms with Crippen LogP contribution in [0, 0.1) is 5.92 Å². The molecule has 1 fully saturated rings. The van der Waals surface area contributed by atoms with Crippen LogP contribution in [0.4, 0.5) is 0 Å². The third kappa shape index (κ3) is 6.17. The second-order valence-corrected chi connectivity index (χ2v) is 11.8. The monoisotopic (exact) mass is 487 g/mol. The molecule has 4 rings (SSSR count). The maximum atomic E-state index is 14.6. The van der Waals surface area contributed by atoms with Crippen LogP contribution < -0.4 is 15.9 Å². The standard InChI is InChI=1S/C29H34N3O2P/c1-2-10-28(31-29(33)17-16-24-11-9-20-30-23-24)25-18-21-32(22-19-25)35(34,26-12-5-3-6-13-26)27-14-7-4-8-15-27/h3-9,11-17,20,23,25,28H,2,10,18-19,21-22H2,1H3,(H,31,33). The van der Waals surface area contributed by atoms with Gasteiger partial charge in [-0.2, -0.15) is 0 Å². The Labute approximate surface area is 208 Å². The van der Waals surface area contributed by atoms with Crippen LogP contribution in [0.25, 0.3) is 6.08 Å². The van der Waals surface area contributed by atoms with Crippen molar-refractivity contribution in [2.75, 3.05) is 13.1 Å². The lowest BCUT2D eigenvalue weighted by molar-refractivity contribution is -0.117. The SMILES string of the molecule is CCCC(NC(=O)C=Cc1cccnc1)C1CCN(P(=O)(c2ccccc2)c2ccccc2)CC1. The lowest BCUT2D eigenvalue weighted by Gasteiger charge is -2.40. The van der Waals surface area contributed by atoms with Crippen molar-refractivity contribution in [1.82, 2.24) is 15.0 Å². The van der Waals surface area contributed by atoms with E-state index < -0.39 is 7.29 Å². The zero-order chi connectivity index (χ0) is 24.5. The van der Waals surface area contributed by atoms with Crippen LogP contribution in [0.1, 0.15) is 38.2 Å². The molecule has 1 amide bonds. The summed E-state index contributed by atoms with van der Waals surface area (Å²) >= 11 is 0. The number of nitrogens with one attached hydrogen (secondary N) is 1. The Morgan fingerprint density at radius 2 is 1.66 bits per heavy atom. The van der Waals surface area contributed by atoms with Crippen molar-refractivity contribution in [1.29, 1.82) is 0 Å². The Balaban J connectivity index is 1.45. The van der Waals surface area contributed by atoms with E-state index in [0.29, 0.717) is 5.92 Å². The third-order valence-corrected chi connectivity index (χ3v) is 9.93. The topological polar surface area (TPSA) is 62.3 Å². The predicted octanol–water partition coefficient (Wildman–Crippen LogP) is 5.02. The van der Waals surface area contributed by atoms with Crippen molar-refractivity contribution in [3.05, 3.63) is 96.8 Å². The minimum Gasteiger partial charge on any atom is -0.350 e. The lowest BCUT2D eigenvalue weighted by Crippen LogP contribution is -2.45. The smallest absolute Gasteiger partial charge is 0.244 e. The number of carbonyl (C=O) groups is 1. The van der Waals surface area contributed by atoms with Crippen LogP contribution in [0.15, 0.2) is 91.3 Å². The van der Waals surface area contributed by atoms with E-state index >= 15 is 0 Å². The predicted molar refractivity (Wildman–Crippen MR) is 144 cm³/mol. The van der Waals surface area contributed by atoms with E-state index in [0.717, 1.165) is 54.9 Å². The molecule has 2 aromatic carbocycles. The first-order valence-electron chi connectivity index (χ1n) is 12.5. The molecule has 1 unspecified atom stereocenters. The van der Waals surface area contributed by atoms with E-state index in [2.05, 4.69) is 21.9 Å². The Morgan fingerprint density at radius 3 is 2.20 bits per heavy atom. The van der Waals surface area contributed by atoms with Crippen LogP contribution in [0.2, 0.25) is 0 Å². The lowest BCUT2D eigenvalue weighted by atomic mass is 9.87. The zero-order valence-corrected chi connectivity index (χ0v) is 21.2. The van der Waals surface area contributed by atoms with Gasteiger partial charge in [0.2, 0.25) is 13.2 Å². The molecule has 0 bridgehead atoms. The van der Waals surface area contributed by atoms with Gasteiger partial charge in [0.25, 0.3) is 0 Å². The Morgan fingerprint density at radius 1 is 1.03 bits per heavy atom. The number of carbonyl (C=O) groups excluding carboxylic acids is 1. The van der Waals surface area contributed by atoms with Gasteiger partial charge in [-0.3, -0.25) is 14.3 Å². The highest BCUT2D eigenvalue weighted by atomic mass is 31.2. The zero-order valence-electron chi connectivity index (χ0n) is 20.3. The molecule has 3 aromatic rings. The molecule has 1 aliphatic rings. The molecule has 6 heteroatoms. The highest BCUT2D eigenvalue weighted by Gasteiger charge is 2.38. The van der Waals surface area contributed by atoms with Crippen LogP contribution in [-0.2, 0) is 9.36 Å². The fraction of sp³-hybridized carbons (Fsp3) is 0.310. The number of aromatic nitrogens is 1. The van der Waals surface area contributed by atoms with Gasteiger partial charge in [0.05, 0.1) is 0 Å². The molecule has 1 aliphatic heterocycles. The minimum absolute atomic E-state index is 0.0750. The minimum atomic E-state index is -2.91. The summed E-state index contributed by atoms with van der Waals surface area (Å²) in [7, 11) is -2.91. The second kappa shape index (κ2) is 12.1. The Bertz CT molecular complexity index is 1100. The molecule has 1 saturated heterocycles. The van der Waals surface area contributed by atoms with Crippen molar-refractivity contribution >= 4 is 29.9 Å². The molecule has 0 radical (unpaired) electrons. The van der Waals surface area contributed by atoms with E-state index in [1.165, 1.54) is 0 Å². The van der Waals surface area contributed by atoms with Crippen molar-refractivity contribution in [2.45, 2.75) is 38.6 Å². The van der Waals surface area contributed by atoms with Gasteiger partial charge < -0.3 is 5.32 Å². The average Bonchev–Trinajstić information content (AvgIpc) is 2.93. The fourth-order valence-corrected chi connectivity index (χ4v) is 7.82. The van der Waals surface area contributed by atoms with Gasteiger partial charge >= 0.3 is 0 Å². The molecule has 35 heavy (non-hydrogen) atoms. The average molecular weight is 488 g/mol. The van der Waals surface area contributed by atoms with E-state index in [4.69, 9.17) is 0 Å². The second-order valence-electron chi connectivity index (χ2n) is 9.06. The van der Waals surface area contributed by atoms with Crippen LogP contribution >= 0.6 is 7.29 Å². The maximum Gasteiger partial charge on any atom is 0.244 e. The number of nitrogens with zero attached hydrogens (tertiary/aromatic N) is 2. The van der Waals surface area contributed by atoms with Crippen LogP contribution in [0.5, 0.6) is 0 Å². The van der Waals surface area contributed by atoms with Crippen LogP contribution in [-0.4, -0.2) is 34.7 Å². The van der Waals surface area contributed by atoms with Gasteiger partial charge in [-0.05, 0) is 67.2 Å². The summed E-state index contributed by atoms with van der Waals surface area (Å²) in [5, 5.41) is 5.00. The number of pyridine rings is 1. The number of piperidine rings is 1. The van der Waals surface area contributed by atoms with Crippen LogP contribution in [0.3, 0.4) is 0 Å². The number of amides is 1. The van der Waals surface area contributed by atoms with Crippen molar-refractivity contribution in [3.8, 4) is 0 Å². The quantitative estimate of drug-likeness (QED) is 0.340. The summed E-state index contributed by atoms with van der Waals surface area (Å²) in [6.45, 7) is 3.64. The normalized spacial score (nSPS) is 16.3. The Kier molecular flexibility index (Phi) is 8.68. The molecule has 0 aliphatic carbocycles. The van der Waals surface area contributed by atoms with Gasteiger partial charge in [-0.15, -0.1) is 0 Å². The highest BCUT2D eigenvalue weighted by Crippen LogP contribution is 2.49. The summed E-state index contributed by atoms with van der Waals surface area (Å²) in [5.41, 5.74) is 0.903. The van der Waals surface area contributed by atoms with E-state index in [1.807, 2.05) is 72.8 Å². The van der Waals surface area contributed by atoms with Gasteiger partial charge in [-0.1, -0.05) is 55.8 Å². The molecular formula is C29H34N3O2P. The summed E-state index contributed by atoms with van der Waals surface area (Å²) in [6, 6.07) is 23.6. The molecule has 1 atom stereocenters. The number of rotatable bonds is 9. The van der Waals surface area contributed by atoms with E-state index in [1.54, 1.807) is 24.5 Å². The van der Waals surface area contributed by atoms with E-state index in [-0.39, 0.29) is 11.9 Å². The molecule has 1 N–H and O–H groups in total. The van der Waals surface area contributed by atoms with Gasteiger partial charge in [0, 0.05) is 48.2 Å². The van der Waals surface area contributed by atoms with Gasteiger partial charge in [0.1, 0.15) is 0 Å². The molecule has 1 aromatic heterocycles. The molecule has 5 nitrogen and oxygen atoms in total. The largest absolute Gasteiger partial charge is 0.350 e. The van der Waals surface area contributed by atoms with Gasteiger partial charge in [0.15, 0.2) is 0 Å². The molecular weight excluding hydrogens is 453 g/mol. The first kappa shape index (κ1) is 25.1.